The summed E-state index contributed by atoms with van der Waals surface area (Å²) in [5.74, 6) is -0.103. The molecule has 2 N–H and O–H groups in total. The summed E-state index contributed by atoms with van der Waals surface area (Å²) in [6.07, 6.45) is 0. The number of hydrogen-bond acceptors (Lipinski definition) is 3. The molecule has 20 heavy (non-hydrogen) atoms. The zero-order valence-electron chi connectivity index (χ0n) is 11.0. The smallest absolute Gasteiger partial charge is 0.264 e. The molecule has 0 unspecified atom stereocenters. The van der Waals surface area contributed by atoms with Crippen molar-refractivity contribution in [1.29, 1.82) is 0 Å². The van der Waals surface area contributed by atoms with E-state index in [1.165, 1.54) is 17.0 Å². The maximum Gasteiger partial charge on any atom is 0.264 e. The molecule has 0 aromatic heterocycles. The molecule has 0 fully saturated rings. The summed E-state index contributed by atoms with van der Waals surface area (Å²) in [5.41, 5.74) is 6.66. The Morgan fingerprint density at radius 2 is 1.95 bits per heavy atom. The SMILES string of the molecule is CN(C(=O)COc1ccc(N)cc1)c1cccc(F)c1. The number of ether oxygens (including phenoxy) is 1. The van der Waals surface area contributed by atoms with Gasteiger partial charge in [0.25, 0.3) is 5.91 Å². The summed E-state index contributed by atoms with van der Waals surface area (Å²) < 4.78 is 18.5. The van der Waals surface area contributed by atoms with Gasteiger partial charge < -0.3 is 15.4 Å². The highest BCUT2D eigenvalue weighted by Gasteiger charge is 2.12. The third-order valence-electron chi connectivity index (χ3n) is 2.81. The molecule has 2 rings (SSSR count). The fourth-order valence-electron chi connectivity index (χ4n) is 1.63. The molecular weight excluding hydrogens is 259 g/mol. The highest BCUT2D eigenvalue weighted by Crippen LogP contribution is 2.16. The van der Waals surface area contributed by atoms with Gasteiger partial charge in [-0.05, 0) is 42.5 Å². The Bertz CT molecular complexity index is 599. The monoisotopic (exact) mass is 274 g/mol. The van der Waals surface area contributed by atoms with Crippen molar-refractivity contribution in [3.05, 3.63) is 54.3 Å². The number of rotatable bonds is 4. The fourth-order valence-corrected chi connectivity index (χ4v) is 1.63. The van der Waals surface area contributed by atoms with Crippen LogP contribution in [-0.4, -0.2) is 19.6 Å². The summed E-state index contributed by atoms with van der Waals surface area (Å²) >= 11 is 0. The zero-order chi connectivity index (χ0) is 14.5. The van der Waals surface area contributed by atoms with E-state index in [0.717, 1.165) is 0 Å². The van der Waals surface area contributed by atoms with E-state index in [0.29, 0.717) is 17.1 Å². The van der Waals surface area contributed by atoms with Gasteiger partial charge in [-0.2, -0.15) is 0 Å². The van der Waals surface area contributed by atoms with Crippen molar-refractivity contribution >= 4 is 17.3 Å². The fraction of sp³-hybridized carbons (Fsp3) is 0.133. The highest BCUT2D eigenvalue weighted by molar-refractivity contribution is 5.93. The molecular formula is C15H15FN2O2. The summed E-state index contributed by atoms with van der Waals surface area (Å²) in [5, 5.41) is 0. The quantitative estimate of drug-likeness (QED) is 0.871. The molecule has 0 bridgehead atoms. The number of amides is 1. The van der Waals surface area contributed by atoms with E-state index in [-0.39, 0.29) is 18.3 Å². The molecule has 5 heteroatoms. The molecule has 0 saturated heterocycles. The molecule has 0 heterocycles. The standard InChI is InChI=1S/C15H15FN2O2/c1-18(13-4-2-3-11(16)9-13)15(19)10-20-14-7-5-12(17)6-8-14/h2-9H,10,17H2,1H3. The molecule has 2 aromatic rings. The van der Waals surface area contributed by atoms with E-state index in [2.05, 4.69) is 0 Å². The van der Waals surface area contributed by atoms with Crippen LogP contribution in [0.25, 0.3) is 0 Å². The predicted octanol–water partition coefficient (Wildman–Crippen LogP) is 2.45. The first kappa shape index (κ1) is 13.9. The van der Waals surface area contributed by atoms with E-state index in [1.807, 2.05) is 0 Å². The predicted molar refractivity (Wildman–Crippen MR) is 76.2 cm³/mol. The van der Waals surface area contributed by atoms with E-state index in [4.69, 9.17) is 10.5 Å². The lowest BCUT2D eigenvalue weighted by Crippen LogP contribution is -2.31. The van der Waals surface area contributed by atoms with Gasteiger partial charge in [0.1, 0.15) is 11.6 Å². The van der Waals surface area contributed by atoms with Crippen LogP contribution in [0, 0.1) is 5.82 Å². The topological polar surface area (TPSA) is 55.6 Å². The van der Waals surface area contributed by atoms with E-state index < -0.39 is 0 Å². The van der Waals surface area contributed by atoms with Crippen LogP contribution in [0.2, 0.25) is 0 Å². The molecule has 4 nitrogen and oxygen atoms in total. The Hall–Kier alpha value is -2.56. The van der Waals surface area contributed by atoms with Crippen molar-refractivity contribution in [1.82, 2.24) is 0 Å². The van der Waals surface area contributed by atoms with Crippen LogP contribution in [0.5, 0.6) is 5.75 Å². The van der Waals surface area contributed by atoms with Gasteiger partial charge in [-0.25, -0.2) is 4.39 Å². The molecule has 0 aliphatic carbocycles. The minimum Gasteiger partial charge on any atom is -0.484 e. The number of anilines is 2. The summed E-state index contributed by atoms with van der Waals surface area (Å²) in [6.45, 7) is -0.128. The van der Waals surface area contributed by atoms with Gasteiger partial charge in [0.15, 0.2) is 6.61 Å². The van der Waals surface area contributed by atoms with Gasteiger partial charge in [-0.3, -0.25) is 4.79 Å². The highest BCUT2D eigenvalue weighted by atomic mass is 19.1. The molecule has 104 valence electrons. The molecule has 2 aromatic carbocycles. The van der Waals surface area contributed by atoms with Crippen LogP contribution < -0.4 is 15.4 Å². The van der Waals surface area contributed by atoms with Gasteiger partial charge in [0.2, 0.25) is 0 Å². The van der Waals surface area contributed by atoms with Gasteiger partial charge in [0.05, 0.1) is 0 Å². The van der Waals surface area contributed by atoms with E-state index in [1.54, 1.807) is 43.4 Å². The number of nitrogens with zero attached hydrogens (tertiary/aromatic N) is 1. The van der Waals surface area contributed by atoms with E-state index >= 15 is 0 Å². The molecule has 0 aliphatic heterocycles. The van der Waals surface area contributed by atoms with Crippen LogP contribution in [0.4, 0.5) is 15.8 Å². The average Bonchev–Trinajstić information content (AvgIpc) is 2.45. The Morgan fingerprint density at radius 3 is 2.60 bits per heavy atom. The maximum atomic E-state index is 13.1. The maximum absolute atomic E-state index is 13.1. The second-order valence-corrected chi connectivity index (χ2v) is 4.29. The lowest BCUT2D eigenvalue weighted by atomic mass is 10.3. The first-order valence-corrected chi connectivity index (χ1v) is 6.07. The Kier molecular flexibility index (Phi) is 4.20. The second-order valence-electron chi connectivity index (χ2n) is 4.29. The third kappa shape index (κ3) is 3.47. The van der Waals surface area contributed by atoms with Crippen LogP contribution in [0.3, 0.4) is 0 Å². The second kappa shape index (κ2) is 6.06. The number of nitrogens with two attached hydrogens (primary N) is 1. The summed E-state index contributed by atoms with van der Waals surface area (Å²) in [6, 6.07) is 12.6. The van der Waals surface area contributed by atoms with Crippen LogP contribution in [0.1, 0.15) is 0 Å². The number of halogens is 1. The molecule has 1 amide bonds. The van der Waals surface area contributed by atoms with Gasteiger partial charge in [0, 0.05) is 18.4 Å². The zero-order valence-corrected chi connectivity index (χ0v) is 11.0. The minimum absolute atomic E-state index is 0.128. The number of likely N-dealkylation sites (N-methyl/N-ethyl adjacent to an activating group) is 1. The van der Waals surface area contributed by atoms with Crippen molar-refractivity contribution < 1.29 is 13.9 Å². The molecule has 0 atom stereocenters. The molecule has 0 spiro atoms. The first-order chi connectivity index (χ1) is 9.56. The largest absolute Gasteiger partial charge is 0.484 e. The third-order valence-corrected chi connectivity index (χ3v) is 2.81. The van der Waals surface area contributed by atoms with Crippen molar-refractivity contribution in [2.24, 2.45) is 0 Å². The Balaban J connectivity index is 1.96. The molecule has 0 radical (unpaired) electrons. The van der Waals surface area contributed by atoms with Gasteiger partial charge in [-0.1, -0.05) is 6.07 Å². The van der Waals surface area contributed by atoms with Crippen LogP contribution in [0.15, 0.2) is 48.5 Å². The minimum atomic E-state index is -0.387. The Labute approximate surface area is 116 Å². The van der Waals surface area contributed by atoms with Crippen LogP contribution >= 0.6 is 0 Å². The van der Waals surface area contributed by atoms with Gasteiger partial charge >= 0.3 is 0 Å². The van der Waals surface area contributed by atoms with Crippen molar-refractivity contribution in [2.75, 3.05) is 24.3 Å². The first-order valence-electron chi connectivity index (χ1n) is 6.07. The Morgan fingerprint density at radius 1 is 1.25 bits per heavy atom. The van der Waals surface area contributed by atoms with Gasteiger partial charge in [-0.15, -0.1) is 0 Å². The lowest BCUT2D eigenvalue weighted by molar-refractivity contribution is -0.120. The van der Waals surface area contributed by atoms with E-state index in [9.17, 15) is 9.18 Å². The van der Waals surface area contributed by atoms with Crippen molar-refractivity contribution in [2.45, 2.75) is 0 Å². The summed E-state index contributed by atoms with van der Waals surface area (Å²) in [4.78, 5) is 13.3. The van der Waals surface area contributed by atoms with Crippen molar-refractivity contribution in [3.8, 4) is 5.75 Å². The number of hydrogen-bond donors (Lipinski definition) is 1. The van der Waals surface area contributed by atoms with Crippen LogP contribution in [-0.2, 0) is 4.79 Å². The number of benzene rings is 2. The normalized spacial score (nSPS) is 10.1. The molecule has 0 saturated carbocycles. The number of nitrogen functional groups attached to an aromatic ring is 1. The number of carbonyl (C=O) groups excluding carboxylic acids is 1. The van der Waals surface area contributed by atoms with Crippen molar-refractivity contribution in [3.63, 3.8) is 0 Å². The lowest BCUT2D eigenvalue weighted by Gasteiger charge is -2.17. The number of carbonyl (C=O) groups is 1. The average molecular weight is 274 g/mol. The molecule has 0 aliphatic rings. The summed E-state index contributed by atoms with van der Waals surface area (Å²) in [7, 11) is 1.57.